The average Bonchev–Trinajstić information content (AvgIpc) is 1.90. The standard InChI is InChI=1S/C6H6NO.Sn/c1-8-6-4-2-3-5-7-6;/h2,4-5H,1H3;. The van der Waals surface area contributed by atoms with Crippen molar-refractivity contribution >= 4 is 26.1 Å². The molecule has 0 aliphatic heterocycles. The van der Waals surface area contributed by atoms with Crippen molar-refractivity contribution in [3.8, 4) is 5.88 Å². The van der Waals surface area contributed by atoms with Crippen molar-refractivity contribution < 1.29 is 4.74 Å². The van der Waals surface area contributed by atoms with Crippen LogP contribution >= 0.6 is 0 Å². The molecule has 2 nitrogen and oxygen atoms in total. The summed E-state index contributed by atoms with van der Waals surface area (Å²) in [4.78, 5) is 4.00. The summed E-state index contributed by atoms with van der Waals surface area (Å²) in [6.07, 6.45) is 1.82. The van der Waals surface area contributed by atoms with Gasteiger partial charge >= 0.3 is 67.1 Å². The van der Waals surface area contributed by atoms with Crippen molar-refractivity contribution in [2.45, 2.75) is 0 Å². The Morgan fingerprint density at radius 3 is 2.78 bits per heavy atom. The van der Waals surface area contributed by atoms with E-state index in [0.717, 1.165) is 0 Å². The van der Waals surface area contributed by atoms with Crippen LogP contribution in [-0.2, 0) is 0 Å². The molecule has 0 fully saturated rings. The van der Waals surface area contributed by atoms with Crippen LogP contribution < -0.4 is 8.32 Å². The molecule has 45 valence electrons. The van der Waals surface area contributed by atoms with Crippen LogP contribution in [0.4, 0.5) is 0 Å². The van der Waals surface area contributed by atoms with Crippen molar-refractivity contribution in [1.29, 1.82) is 0 Å². The summed E-state index contributed by atoms with van der Waals surface area (Å²) in [5, 5.41) is 0. The van der Waals surface area contributed by atoms with Crippen molar-refractivity contribution in [1.82, 2.24) is 4.98 Å². The van der Waals surface area contributed by atoms with Crippen molar-refractivity contribution in [2.24, 2.45) is 0 Å². The molecule has 0 unspecified atom stereocenters. The molecule has 9 heavy (non-hydrogen) atoms. The number of ether oxygens (including phenoxy) is 1. The first kappa shape index (κ1) is 6.86. The van der Waals surface area contributed by atoms with Gasteiger partial charge in [-0.1, -0.05) is 0 Å². The van der Waals surface area contributed by atoms with E-state index in [4.69, 9.17) is 4.74 Å². The molecular weight excluding hydrogens is 221 g/mol. The van der Waals surface area contributed by atoms with Gasteiger partial charge in [-0.15, -0.1) is 0 Å². The van der Waals surface area contributed by atoms with Crippen LogP contribution in [0.1, 0.15) is 0 Å². The van der Waals surface area contributed by atoms with Crippen LogP contribution in [-0.4, -0.2) is 34.6 Å². The van der Waals surface area contributed by atoms with Gasteiger partial charge in [0.25, 0.3) is 0 Å². The fourth-order valence-corrected chi connectivity index (χ4v) is 0.923. The van der Waals surface area contributed by atoms with Crippen LogP contribution in [0.3, 0.4) is 0 Å². The van der Waals surface area contributed by atoms with E-state index in [-0.39, 0.29) is 0 Å². The van der Waals surface area contributed by atoms with Crippen molar-refractivity contribution in [3.63, 3.8) is 0 Å². The molecule has 1 rings (SSSR count). The van der Waals surface area contributed by atoms with E-state index in [9.17, 15) is 0 Å². The molecule has 3 heteroatoms. The Balaban J connectivity index is 2.88. The number of nitrogens with zero attached hydrogens (tertiary/aromatic N) is 1. The Bertz CT molecular complexity index is 185. The molecule has 0 saturated heterocycles. The molecule has 0 N–H and O–H groups in total. The maximum absolute atomic E-state index is 4.87. The normalized spacial score (nSPS) is 9.11. The van der Waals surface area contributed by atoms with Crippen molar-refractivity contribution in [3.05, 3.63) is 18.3 Å². The Hall–Kier alpha value is -0.251. The van der Waals surface area contributed by atoms with Crippen LogP contribution in [0.2, 0.25) is 0 Å². The SMILES string of the molecule is COc1cc[c]([Sn])cn1. The van der Waals surface area contributed by atoms with Crippen LogP contribution in [0, 0.1) is 0 Å². The van der Waals surface area contributed by atoms with E-state index in [1.807, 2.05) is 18.3 Å². The predicted molar refractivity (Wildman–Crippen MR) is 36.2 cm³/mol. The average molecular weight is 227 g/mol. The summed E-state index contributed by atoms with van der Waals surface area (Å²) in [5.41, 5.74) is 0. The number of hydrogen-bond donors (Lipinski definition) is 0. The summed E-state index contributed by atoms with van der Waals surface area (Å²) in [6, 6.07) is 3.87. The second kappa shape index (κ2) is 3.05. The second-order valence-electron chi connectivity index (χ2n) is 1.59. The Kier molecular flexibility index (Phi) is 2.33. The molecular formula is C6H6NOSn. The van der Waals surface area contributed by atoms with E-state index >= 15 is 0 Å². The summed E-state index contributed by atoms with van der Waals surface area (Å²) in [5.74, 6) is 0.682. The van der Waals surface area contributed by atoms with Gasteiger partial charge in [0, 0.05) is 0 Å². The van der Waals surface area contributed by atoms with Gasteiger partial charge in [0.05, 0.1) is 0 Å². The van der Waals surface area contributed by atoms with Gasteiger partial charge in [-0.2, -0.15) is 0 Å². The zero-order valence-electron chi connectivity index (χ0n) is 5.09. The van der Waals surface area contributed by atoms with E-state index in [1.54, 1.807) is 7.11 Å². The molecule has 1 aromatic heterocycles. The van der Waals surface area contributed by atoms with Gasteiger partial charge in [0.2, 0.25) is 0 Å². The van der Waals surface area contributed by atoms with Gasteiger partial charge in [-0.05, 0) is 0 Å². The third-order valence-electron chi connectivity index (χ3n) is 0.945. The number of methoxy groups -OCH3 is 1. The number of pyridine rings is 1. The molecule has 0 atom stereocenters. The zero-order chi connectivity index (χ0) is 6.69. The third-order valence-corrected chi connectivity index (χ3v) is 1.79. The van der Waals surface area contributed by atoms with E-state index in [0.29, 0.717) is 5.88 Å². The topological polar surface area (TPSA) is 22.1 Å². The summed E-state index contributed by atoms with van der Waals surface area (Å²) in [7, 11) is 1.62. The first-order chi connectivity index (χ1) is 4.33. The van der Waals surface area contributed by atoms with Gasteiger partial charge < -0.3 is 0 Å². The number of aromatic nitrogens is 1. The summed E-state index contributed by atoms with van der Waals surface area (Å²) < 4.78 is 6.11. The van der Waals surface area contributed by atoms with Crippen LogP contribution in [0.25, 0.3) is 0 Å². The molecule has 3 radical (unpaired) electrons. The van der Waals surface area contributed by atoms with E-state index in [1.165, 1.54) is 26.1 Å². The molecule has 0 bridgehead atoms. The van der Waals surface area contributed by atoms with E-state index < -0.39 is 0 Å². The molecule has 0 aromatic carbocycles. The molecule has 1 heterocycles. The third kappa shape index (κ3) is 1.86. The monoisotopic (exact) mass is 228 g/mol. The van der Waals surface area contributed by atoms with Crippen LogP contribution in [0.15, 0.2) is 18.3 Å². The summed E-state index contributed by atoms with van der Waals surface area (Å²) in [6.45, 7) is 0. The molecule has 0 aliphatic carbocycles. The van der Waals surface area contributed by atoms with Gasteiger partial charge in [0.15, 0.2) is 0 Å². The van der Waals surface area contributed by atoms with Gasteiger partial charge in [-0.3, -0.25) is 0 Å². The van der Waals surface area contributed by atoms with E-state index in [2.05, 4.69) is 4.98 Å². The van der Waals surface area contributed by atoms with Crippen molar-refractivity contribution in [2.75, 3.05) is 7.11 Å². The fraction of sp³-hybridized carbons (Fsp3) is 0.167. The van der Waals surface area contributed by atoms with Gasteiger partial charge in [0.1, 0.15) is 0 Å². The molecule has 0 amide bonds. The first-order valence-corrected chi connectivity index (χ1v) is 3.97. The minimum absolute atomic E-state index is 0.682. The fourth-order valence-electron chi connectivity index (χ4n) is 0.501. The minimum atomic E-state index is 0.682. The molecule has 0 saturated carbocycles. The molecule has 0 spiro atoms. The molecule has 1 aromatic rings. The predicted octanol–water partition coefficient (Wildman–Crippen LogP) is -0.116. The Morgan fingerprint density at radius 1 is 1.56 bits per heavy atom. The number of hydrogen-bond acceptors (Lipinski definition) is 2. The first-order valence-electron chi connectivity index (χ1n) is 2.54. The molecule has 0 aliphatic rings. The maximum atomic E-state index is 4.87. The summed E-state index contributed by atoms with van der Waals surface area (Å²) >= 11 is 1.39. The second-order valence-corrected chi connectivity index (χ2v) is 3.24. The quantitative estimate of drug-likeness (QED) is 0.624. The zero-order valence-corrected chi connectivity index (χ0v) is 7.94. The Labute approximate surface area is 67.3 Å². The number of rotatable bonds is 1. The van der Waals surface area contributed by atoms with Crippen LogP contribution in [0.5, 0.6) is 5.88 Å². The van der Waals surface area contributed by atoms with Gasteiger partial charge in [-0.25, -0.2) is 0 Å². The Morgan fingerprint density at radius 2 is 2.33 bits per heavy atom.